The van der Waals surface area contributed by atoms with E-state index in [2.05, 4.69) is 27.4 Å². The fourth-order valence-corrected chi connectivity index (χ4v) is 3.44. The minimum absolute atomic E-state index is 0. The number of imide groups is 1. The molecule has 2 amide bonds. The quantitative estimate of drug-likeness (QED) is 0.251. The summed E-state index contributed by atoms with van der Waals surface area (Å²) < 4.78 is 0. The molecule has 2 heterocycles. The molecule has 0 aromatic heterocycles. The van der Waals surface area contributed by atoms with Crippen molar-refractivity contribution in [3.63, 3.8) is 0 Å². The molecule has 0 aliphatic carbocycles. The van der Waals surface area contributed by atoms with Crippen molar-refractivity contribution < 1.29 is 9.59 Å². The molecular weight excluding hydrogens is 445 g/mol. The molecule has 0 unspecified atom stereocenters. The molecule has 2 aliphatic heterocycles. The Kier molecular flexibility index (Phi) is 11.1. The summed E-state index contributed by atoms with van der Waals surface area (Å²) in [6.07, 6.45) is 5.07. The second kappa shape index (κ2) is 12.5. The van der Waals surface area contributed by atoms with Crippen LogP contribution in [0.2, 0.25) is 0 Å². The molecule has 2 aliphatic rings. The third-order valence-corrected chi connectivity index (χ3v) is 4.79. The Balaban J connectivity index is 0.00000338. The fraction of sp³-hybridized carbons (Fsp3) is 0.833. The van der Waals surface area contributed by atoms with E-state index in [0.29, 0.717) is 38.4 Å². The largest absolute Gasteiger partial charge is 0.357 e. The van der Waals surface area contributed by atoms with Crippen molar-refractivity contribution in [3.05, 3.63) is 0 Å². The number of guanidine groups is 1. The number of carbonyl (C=O) groups is 2. The first kappa shape index (κ1) is 23.1. The van der Waals surface area contributed by atoms with Gasteiger partial charge < -0.3 is 15.5 Å². The van der Waals surface area contributed by atoms with E-state index < -0.39 is 0 Å². The lowest BCUT2D eigenvalue weighted by Gasteiger charge is -2.32. The molecule has 0 radical (unpaired) electrons. The highest BCUT2D eigenvalue weighted by Gasteiger charge is 2.25. The highest BCUT2D eigenvalue weighted by molar-refractivity contribution is 14.0. The SMILES string of the molecule is CCCN1CCC(NC(=NCCN2C(=O)CCCC2=O)NCC)CC1.I. The summed E-state index contributed by atoms with van der Waals surface area (Å²) in [5.74, 6) is 0.661. The van der Waals surface area contributed by atoms with Gasteiger partial charge in [-0.2, -0.15) is 0 Å². The van der Waals surface area contributed by atoms with Crippen molar-refractivity contribution in [1.29, 1.82) is 0 Å². The average molecular weight is 479 g/mol. The summed E-state index contributed by atoms with van der Waals surface area (Å²) in [7, 11) is 0. The molecule has 0 spiro atoms. The van der Waals surface area contributed by atoms with E-state index in [9.17, 15) is 9.59 Å². The van der Waals surface area contributed by atoms with Crippen LogP contribution in [-0.4, -0.2) is 72.9 Å². The van der Waals surface area contributed by atoms with Gasteiger partial charge in [-0.05, 0) is 39.2 Å². The van der Waals surface area contributed by atoms with Crippen LogP contribution in [0.25, 0.3) is 0 Å². The second-order valence-corrected chi connectivity index (χ2v) is 6.81. The van der Waals surface area contributed by atoms with Gasteiger partial charge in [-0.15, -0.1) is 24.0 Å². The summed E-state index contributed by atoms with van der Waals surface area (Å²) >= 11 is 0. The predicted molar refractivity (Wildman–Crippen MR) is 115 cm³/mol. The summed E-state index contributed by atoms with van der Waals surface area (Å²) in [6, 6.07) is 0.434. The van der Waals surface area contributed by atoms with Crippen LogP contribution in [0.5, 0.6) is 0 Å². The van der Waals surface area contributed by atoms with E-state index in [1.165, 1.54) is 17.9 Å². The van der Waals surface area contributed by atoms with E-state index in [4.69, 9.17) is 0 Å². The molecule has 0 aromatic rings. The molecule has 0 atom stereocenters. The number of hydrogen-bond donors (Lipinski definition) is 2. The second-order valence-electron chi connectivity index (χ2n) is 6.81. The molecule has 7 nitrogen and oxygen atoms in total. The van der Waals surface area contributed by atoms with Gasteiger partial charge in [-0.25, -0.2) is 0 Å². The minimum atomic E-state index is -0.0623. The van der Waals surface area contributed by atoms with Gasteiger partial charge in [0, 0.05) is 45.1 Å². The zero-order valence-corrected chi connectivity index (χ0v) is 18.5. The third kappa shape index (κ3) is 7.38. The van der Waals surface area contributed by atoms with E-state index in [1.807, 2.05) is 6.92 Å². The predicted octanol–water partition coefficient (Wildman–Crippen LogP) is 1.57. The Morgan fingerprint density at radius 1 is 1.12 bits per heavy atom. The molecule has 2 saturated heterocycles. The first-order valence-corrected chi connectivity index (χ1v) is 9.74. The fourth-order valence-electron chi connectivity index (χ4n) is 3.44. The maximum Gasteiger partial charge on any atom is 0.229 e. The molecule has 0 aromatic carbocycles. The first-order chi connectivity index (χ1) is 12.1. The highest BCUT2D eigenvalue weighted by Crippen LogP contribution is 2.12. The number of piperidine rings is 2. The third-order valence-electron chi connectivity index (χ3n) is 4.79. The van der Waals surface area contributed by atoms with Crippen molar-refractivity contribution in [3.8, 4) is 0 Å². The van der Waals surface area contributed by atoms with Crippen molar-refractivity contribution in [1.82, 2.24) is 20.4 Å². The van der Waals surface area contributed by atoms with Crippen LogP contribution in [0.3, 0.4) is 0 Å². The van der Waals surface area contributed by atoms with Gasteiger partial charge in [0.1, 0.15) is 0 Å². The zero-order valence-electron chi connectivity index (χ0n) is 16.1. The van der Waals surface area contributed by atoms with Gasteiger partial charge in [-0.1, -0.05) is 6.92 Å². The van der Waals surface area contributed by atoms with Gasteiger partial charge in [0.25, 0.3) is 0 Å². The lowest BCUT2D eigenvalue weighted by Crippen LogP contribution is -2.49. The Hall–Kier alpha value is -0.900. The Labute approximate surface area is 174 Å². The van der Waals surface area contributed by atoms with Gasteiger partial charge in [0.2, 0.25) is 11.8 Å². The molecule has 8 heteroatoms. The smallest absolute Gasteiger partial charge is 0.229 e. The topological polar surface area (TPSA) is 77.0 Å². The number of amides is 2. The number of nitrogens with zero attached hydrogens (tertiary/aromatic N) is 3. The van der Waals surface area contributed by atoms with Crippen LogP contribution < -0.4 is 10.6 Å². The molecule has 150 valence electrons. The molecular formula is C18H34IN5O2. The number of likely N-dealkylation sites (tertiary alicyclic amines) is 2. The van der Waals surface area contributed by atoms with Crippen LogP contribution >= 0.6 is 24.0 Å². The van der Waals surface area contributed by atoms with E-state index in [-0.39, 0.29) is 35.8 Å². The highest BCUT2D eigenvalue weighted by atomic mass is 127. The normalized spacial score (nSPS) is 20.1. The molecule has 2 N–H and O–H groups in total. The zero-order chi connectivity index (χ0) is 18.1. The monoisotopic (exact) mass is 479 g/mol. The Morgan fingerprint density at radius 2 is 1.77 bits per heavy atom. The summed E-state index contributed by atoms with van der Waals surface area (Å²) in [5, 5.41) is 6.77. The summed E-state index contributed by atoms with van der Waals surface area (Å²) in [6.45, 7) is 9.31. The molecule has 2 fully saturated rings. The number of nitrogens with one attached hydrogen (secondary N) is 2. The molecule has 0 bridgehead atoms. The van der Waals surface area contributed by atoms with Crippen LogP contribution in [0.4, 0.5) is 0 Å². The average Bonchev–Trinajstić information content (AvgIpc) is 2.59. The number of hydrogen-bond acceptors (Lipinski definition) is 4. The maximum absolute atomic E-state index is 11.8. The van der Waals surface area contributed by atoms with Gasteiger partial charge in [0.05, 0.1) is 6.54 Å². The number of halogens is 1. The number of rotatable bonds is 7. The van der Waals surface area contributed by atoms with Crippen molar-refractivity contribution in [2.24, 2.45) is 4.99 Å². The van der Waals surface area contributed by atoms with Crippen molar-refractivity contribution in [2.45, 2.75) is 58.4 Å². The standard InChI is InChI=1S/C18H33N5O2.HI/c1-3-11-22-12-8-15(9-13-22)21-18(19-4-2)20-10-14-23-16(24)6-5-7-17(23)25;/h15H,3-14H2,1-2H3,(H2,19,20,21);1H. The first-order valence-electron chi connectivity index (χ1n) is 9.74. The maximum atomic E-state index is 11.8. The van der Waals surface area contributed by atoms with Gasteiger partial charge in [-0.3, -0.25) is 19.5 Å². The Morgan fingerprint density at radius 3 is 2.35 bits per heavy atom. The number of aliphatic imine (C=N–C) groups is 1. The Bertz CT molecular complexity index is 462. The van der Waals surface area contributed by atoms with Crippen molar-refractivity contribution >= 4 is 41.8 Å². The van der Waals surface area contributed by atoms with Crippen LogP contribution in [0.1, 0.15) is 52.4 Å². The molecule has 0 saturated carbocycles. The van der Waals surface area contributed by atoms with Crippen LogP contribution in [0.15, 0.2) is 4.99 Å². The van der Waals surface area contributed by atoms with Gasteiger partial charge >= 0.3 is 0 Å². The van der Waals surface area contributed by atoms with Gasteiger partial charge in [0.15, 0.2) is 5.96 Å². The van der Waals surface area contributed by atoms with E-state index >= 15 is 0 Å². The summed E-state index contributed by atoms with van der Waals surface area (Å²) in [4.78, 5) is 32.1. The number of carbonyl (C=O) groups excluding carboxylic acids is 2. The lowest BCUT2D eigenvalue weighted by molar-refractivity contribution is -0.147. The summed E-state index contributed by atoms with van der Waals surface area (Å²) in [5.41, 5.74) is 0. The molecule has 26 heavy (non-hydrogen) atoms. The molecule has 2 rings (SSSR count). The van der Waals surface area contributed by atoms with Crippen LogP contribution in [-0.2, 0) is 9.59 Å². The lowest BCUT2D eigenvalue weighted by atomic mass is 10.1. The van der Waals surface area contributed by atoms with E-state index in [1.54, 1.807) is 0 Å². The minimum Gasteiger partial charge on any atom is -0.357 e. The van der Waals surface area contributed by atoms with Crippen LogP contribution in [0, 0.1) is 0 Å². The van der Waals surface area contributed by atoms with E-state index in [0.717, 1.165) is 38.4 Å². The van der Waals surface area contributed by atoms with Crippen molar-refractivity contribution in [2.75, 3.05) is 39.3 Å².